The maximum Gasteiger partial charge on any atom is 0.437 e. The molecule has 0 saturated heterocycles. The van der Waals surface area contributed by atoms with Crippen LogP contribution in [0, 0.1) is 13.8 Å². The molecule has 0 spiro atoms. The lowest BCUT2D eigenvalue weighted by Gasteiger charge is -2.11. The van der Waals surface area contributed by atoms with Crippen molar-refractivity contribution in [2.45, 2.75) is 26.9 Å². The molecule has 2 aromatic heterocycles. The summed E-state index contributed by atoms with van der Waals surface area (Å²) in [4.78, 5) is 20.8. The van der Waals surface area contributed by atoms with Gasteiger partial charge in [0.25, 0.3) is 0 Å². The van der Waals surface area contributed by atoms with Crippen LogP contribution in [0.15, 0.2) is 53.8 Å². The van der Waals surface area contributed by atoms with Crippen LogP contribution in [0.1, 0.15) is 29.4 Å². The van der Waals surface area contributed by atoms with E-state index >= 15 is 0 Å². The number of anilines is 1. The number of nitrogens with zero attached hydrogens (tertiary/aromatic N) is 4. The Labute approximate surface area is 170 Å². The highest BCUT2D eigenvalue weighted by atomic mass is 19.4. The number of carbonyl (C=O) groups excluding carboxylic acids is 1. The minimum absolute atomic E-state index is 0.0293. The first-order valence-electron chi connectivity index (χ1n) is 8.84. The lowest BCUT2D eigenvalue weighted by Crippen LogP contribution is -2.12. The van der Waals surface area contributed by atoms with Crippen molar-refractivity contribution in [1.29, 1.82) is 0 Å². The third kappa shape index (κ3) is 4.83. The molecule has 0 saturated carbocycles. The number of aromatic nitrogens is 3. The average Bonchev–Trinajstić information content (AvgIpc) is 3.07. The predicted molar refractivity (Wildman–Crippen MR) is 105 cm³/mol. The fourth-order valence-electron chi connectivity index (χ4n) is 2.74. The van der Waals surface area contributed by atoms with Crippen LogP contribution in [0.3, 0.4) is 0 Å². The van der Waals surface area contributed by atoms with E-state index in [2.05, 4.69) is 20.6 Å². The lowest BCUT2D eigenvalue weighted by atomic mass is 10.2. The molecule has 1 aromatic carbocycles. The van der Waals surface area contributed by atoms with E-state index in [1.54, 1.807) is 44.2 Å². The number of carbonyl (C=O) groups is 1. The number of nitrogens with one attached hydrogen (secondary N) is 1. The molecular weight excluding hydrogens is 399 g/mol. The van der Waals surface area contributed by atoms with Crippen molar-refractivity contribution in [3.05, 3.63) is 71.2 Å². The van der Waals surface area contributed by atoms with Gasteiger partial charge in [-0.2, -0.15) is 18.3 Å². The molecule has 0 unspecified atom stereocenters. The Morgan fingerprint density at radius 1 is 1.17 bits per heavy atom. The van der Waals surface area contributed by atoms with Gasteiger partial charge in [0.2, 0.25) is 0 Å². The van der Waals surface area contributed by atoms with Crippen molar-refractivity contribution in [3.63, 3.8) is 0 Å². The molecule has 0 aliphatic heterocycles. The first-order chi connectivity index (χ1) is 14.1. The Bertz CT molecular complexity index is 1090. The van der Waals surface area contributed by atoms with Gasteiger partial charge in [-0.15, -0.1) is 0 Å². The van der Waals surface area contributed by atoms with E-state index in [1.165, 1.54) is 17.8 Å². The summed E-state index contributed by atoms with van der Waals surface area (Å²) in [6, 6.07) is 10.6. The number of halogens is 3. The third-order valence-electron chi connectivity index (χ3n) is 4.17. The number of hydrogen-bond donors (Lipinski definition) is 1. The van der Waals surface area contributed by atoms with Crippen molar-refractivity contribution in [2.75, 3.05) is 5.32 Å². The van der Waals surface area contributed by atoms with Crippen molar-refractivity contribution in [3.8, 4) is 5.82 Å². The molecule has 0 aliphatic rings. The smallest absolute Gasteiger partial charge is 0.298 e. The van der Waals surface area contributed by atoms with E-state index in [4.69, 9.17) is 4.84 Å². The zero-order chi connectivity index (χ0) is 21.9. The van der Waals surface area contributed by atoms with Gasteiger partial charge in [-0.25, -0.2) is 14.5 Å². The summed E-state index contributed by atoms with van der Waals surface area (Å²) in [6.45, 7) is 4.72. The lowest BCUT2D eigenvalue weighted by molar-refractivity contribution is -0.137. The second-order valence-corrected chi connectivity index (χ2v) is 6.46. The standard InChI is InChI=1S/C20H18F3N5O2/c1-12-9-15(20(21,22)23)10-18(25-12)28-14(3)17(11-24-28)13(2)27-30-19(29)26-16-7-5-4-6-8-16/h4-11H,1-3H3,(H,26,29). The highest BCUT2D eigenvalue weighted by Gasteiger charge is 2.31. The Morgan fingerprint density at radius 3 is 2.53 bits per heavy atom. The SMILES string of the molecule is CC(=NOC(=O)Nc1ccccc1)c1cnn(-c2cc(C(F)(F)F)cc(C)n2)c1C. The van der Waals surface area contributed by atoms with E-state index in [-0.39, 0.29) is 11.5 Å². The molecule has 0 fully saturated rings. The molecule has 1 N–H and O–H groups in total. The molecule has 0 atom stereocenters. The van der Waals surface area contributed by atoms with E-state index < -0.39 is 17.8 Å². The maximum absolute atomic E-state index is 13.1. The zero-order valence-corrected chi connectivity index (χ0v) is 16.4. The first-order valence-corrected chi connectivity index (χ1v) is 8.84. The number of rotatable bonds is 4. The van der Waals surface area contributed by atoms with Crippen LogP contribution in [0.4, 0.5) is 23.7 Å². The molecule has 156 valence electrons. The van der Waals surface area contributed by atoms with Crippen LogP contribution >= 0.6 is 0 Å². The van der Waals surface area contributed by atoms with Crippen LogP contribution in [0.5, 0.6) is 0 Å². The molecule has 0 aliphatic carbocycles. The summed E-state index contributed by atoms with van der Waals surface area (Å²) < 4.78 is 40.6. The number of pyridine rings is 1. The second kappa shape index (κ2) is 8.36. The second-order valence-electron chi connectivity index (χ2n) is 6.46. The van der Waals surface area contributed by atoms with Gasteiger partial charge in [0.15, 0.2) is 5.82 Å². The molecule has 0 bridgehead atoms. The van der Waals surface area contributed by atoms with Crippen LogP contribution in [-0.2, 0) is 11.0 Å². The minimum Gasteiger partial charge on any atom is -0.298 e. The summed E-state index contributed by atoms with van der Waals surface area (Å²) in [5.41, 5.74) is 1.26. The zero-order valence-electron chi connectivity index (χ0n) is 16.4. The number of oxime groups is 1. The molecule has 3 aromatic rings. The van der Waals surface area contributed by atoms with Crippen LogP contribution in [0.2, 0.25) is 0 Å². The summed E-state index contributed by atoms with van der Waals surface area (Å²) >= 11 is 0. The predicted octanol–water partition coefficient (Wildman–Crippen LogP) is 4.88. The van der Waals surface area contributed by atoms with Gasteiger partial charge in [-0.1, -0.05) is 23.4 Å². The highest BCUT2D eigenvalue weighted by Crippen LogP contribution is 2.30. The number of amides is 1. The molecule has 1 amide bonds. The first kappa shape index (κ1) is 21.0. The Hall–Kier alpha value is -3.69. The van der Waals surface area contributed by atoms with Gasteiger partial charge in [0.1, 0.15) is 0 Å². The topological polar surface area (TPSA) is 81.4 Å². The van der Waals surface area contributed by atoms with Gasteiger partial charge in [0, 0.05) is 16.9 Å². The largest absolute Gasteiger partial charge is 0.437 e. The van der Waals surface area contributed by atoms with Crippen LogP contribution in [-0.4, -0.2) is 26.6 Å². The van der Waals surface area contributed by atoms with E-state index in [0.717, 1.165) is 12.1 Å². The van der Waals surface area contributed by atoms with E-state index in [9.17, 15) is 18.0 Å². The van der Waals surface area contributed by atoms with Gasteiger partial charge >= 0.3 is 12.3 Å². The number of benzene rings is 1. The van der Waals surface area contributed by atoms with E-state index in [0.29, 0.717) is 22.7 Å². The molecular formula is C20H18F3N5O2. The van der Waals surface area contributed by atoms with Crippen molar-refractivity contribution in [1.82, 2.24) is 14.8 Å². The minimum atomic E-state index is -4.50. The van der Waals surface area contributed by atoms with Gasteiger partial charge in [-0.3, -0.25) is 10.2 Å². The Kier molecular flexibility index (Phi) is 5.86. The maximum atomic E-state index is 13.1. The van der Waals surface area contributed by atoms with Gasteiger partial charge < -0.3 is 0 Å². The highest BCUT2D eigenvalue weighted by molar-refractivity contribution is 5.99. The monoisotopic (exact) mass is 417 g/mol. The molecule has 30 heavy (non-hydrogen) atoms. The molecule has 0 radical (unpaired) electrons. The van der Waals surface area contributed by atoms with Crippen LogP contribution in [0.25, 0.3) is 5.82 Å². The average molecular weight is 417 g/mol. The van der Waals surface area contributed by atoms with Gasteiger partial charge in [-0.05, 0) is 45.0 Å². The van der Waals surface area contributed by atoms with Gasteiger partial charge in [0.05, 0.1) is 23.2 Å². The fraction of sp³-hybridized carbons (Fsp3) is 0.200. The summed E-state index contributed by atoms with van der Waals surface area (Å²) in [5.74, 6) is 0.0293. The molecule has 7 nitrogen and oxygen atoms in total. The normalized spacial score (nSPS) is 12.0. The number of hydrogen-bond acceptors (Lipinski definition) is 5. The summed E-state index contributed by atoms with van der Waals surface area (Å²) in [5, 5.41) is 10.4. The Balaban J connectivity index is 1.80. The quantitative estimate of drug-likeness (QED) is 0.373. The fourth-order valence-corrected chi connectivity index (χ4v) is 2.74. The molecule has 3 rings (SSSR count). The number of para-hydroxylation sites is 1. The van der Waals surface area contributed by atoms with Crippen molar-refractivity contribution in [2.24, 2.45) is 5.16 Å². The van der Waals surface area contributed by atoms with E-state index in [1.807, 2.05) is 0 Å². The molecule has 2 heterocycles. The molecule has 10 heteroatoms. The number of aryl methyl sites for hydroxylation is 1. The third-order valence-corrected chi connectivity index (χ3v) is 4.17. The van der Waals surface area contributed by atoms with Crippen molar-refractivity contribution >= 4 is 17.5 Å². The summed E-state index contributed by atoms with van der Waals surface area (Å²) in [7, 11) is 0. The summed E-state index contributed by atoms with van der Waals surface area (Å²) in [6.07, 6.45) is -3.85. The Morgan fingerprint density at radius 2 is 1.87 bits per heavy atom. The van der Waals surface area contributed by atoms with Crippen LogP contribution < -0.4 is 5.32 Å². The number of alkyl halides is 3. The van der Waals surface area contributed by atoms with Crippen molar-refractivity contribution < 1.29 is 22.8 Å².